The van der Waals surface area contributed by atoms with Crippen LogP contribution in [-0.4, -0.2) is 24.0 Å². The molecule has 3 rings (SSSR count). The summed E-state index contributed by atoms with van der Waals surface area (Å²) in [4.78, 5) is 19.5. The minimum absolute atomic E-state index is 0.0368. The van der Waals surface area contributed by atoms with Gasteiger partial charge < -0.3 is 10.2 Å². The molecule has 0 atom stereocenters. The first-order valence-corrected chi connectivity index (χ1v) is 8.57. The molecule has 110 valence electrons. The molecule has 0 bridgehead atoms. The fourth-order valence-corrected chi connectivity index (χ4v) is 3.70. The summed E-state index contributed by atoms with van der Waals surface area (Å²) in [6.07, 6.45) is 4.28. The van der Waals surface area contributed by atoms with E-state index >= 15 is 0 Å². The van der Waals surface area contributed by atoms with E-state index in [4.69, 9.17) is 0 Å². The van der Waals surface area contributed by atoms with E-state index in [2.05, 4.69) is 37.2 Å². The Balaban J connectivity index is 1.62. The Kier molecular flexibility index (Phi) is 4.55. The zero-order chi connectivity index (χ0) is 14.7. The summed E-state index contributed by atoms with van der Waals surface area (Å²) in [5, 5.41) is 2.95. The van der Waals surface area contributed by atoms with E-state index in [1.54, 1.807) is 0 Å². The fraction of sp³-hybridized carbons (Fsp3) is 0.333. The van der Waals surface area contributed by atoms with Gasteiger partial charge in [0.15, 0.2) is 0 Å². The van der Waals surface area contributed by atoms with Crippen molar-refractivity contribution in [3.63, 3.8) is 0 Å². The van der Waals surface area contributed by atoms with E-state index in [0.717, 1.165) is 33.1 Å². The summed E-state index contributed by atoms with van der Waals surface area (Å²) < 4.78 is 0.966. The highest BCUT2D eigenvalue weighted by Crippen LogP contribution is 2.22. The lowest BCUT2D eigenvalue weighted by Crippen LogP contribution is -2.23. The lowest BCUT2D eigenvalue weighted by Gasteiger charge is -2.16. The van der Waals surface area contributed by atoms with Gasteiger partial charge in [-0.05, 0) is 58.6 Å². The van der Waals surface area contributed by atoms with Crippen molar-refractivity contribution in [1.82, 2.24) is 10.3 Å². The SMILES string of the molecule is O=C(NCc1ccnc(N2CCCC2)c1)c1ccc(Br)s1. The van der Waals surface area contributed by atoms with Gasteiger partial charge in [0.2, 0.25) is 0 Å². The van der Waals surface area contributed by atoms with Gasteiger partial charge in [0.05, 0.1) is 8.66 Å². The first-order valence-electron chi connectivity index (χ1n) is 6.96. The molecule has 0 unspecified atom stereocenters. The minimum Gasteiger partial charge on any atom is -0.357 e. The molecule has 1 saturated heterocycles. The van der Waals surface area contributed by atoms with Gasteiger partial charge in [-0.15, -0.1) is 11.3 Å². The molecule has 1 aliphatic rings. The van der Waals surface area contributed by atoms with Gasteiger partial charge in [-0.3, -0.25) is 4.79 Å². The number of nitrogens with one attached hydrogen (secondary N) is 1. The predicted molar refractivity (Wildman–Crippen MR) is 88.9 cm³/mol. The number of carbonyl (C=O) groups excluding carboxylic acids is 1. The van der Waals surface area contributed by atoms with Crippen molar-refractivity contribution in [2.75, 3.05) is 18.0 Å². The number of rotatable bonds is 4. The van der Waals surface area contributed by atoms with Crippen LogP contribution in [0.15, 0.2) is 34.2 Å². The number of thiophene rings is 1. The number of anilines is 1. The lowest BCUT2D eigenvalue weighted by molar-refractivity contribution is 0.0955. The summed E-state index contributed by atoms with van der Waals surface area (Å²) >= 11 is 4.81. The van der Waals surface area contributed by atoms with E-state index in [9.17, 15) is 4.79 Å². The van der Waals surface area contributed by atoms with Crippen LogP contribution in [0.25, 0.3) is 0 Å². The van der Waals surface area contributed by atoms with E-state index in [0.29, 0.717) is 6.54 Å². The van der Waals surface area contributed by atoms with Crippen molar-refractivity contribution >= 4 is 39.0 Å². The molecule has 1 fully saturated rings. The Labute approximate surface area is 136 Å². The average Bonchev–Trinajstić information content (AvgIpc) is 3.16. The van der Waals surface area contributed by atoms with Crippen LogP contribution in [0.3, 0.4) is 0 Å². The van der Waals surface area contributed by atoms with Crippen LogP contribution in [0.1, 0.15) is 28.1 Å². The maximum Gasteiger partial charge on any atom is 0.261 e. The van der Waals surface area contributed by atoms with Crippen molar-refractivity contribution in [2.24, 2.45) is 0 Å². The molecule has 1 aliphatic heterocycles. The monoisotopic (exact) mass is 365 g/mol. The van der Waals surface area contributed by atoms with Gasteiger partial charge >= 0.3 is 0 Å². The van der Waals surface area contributed by atoms with Crippen molar-refractivity contribution in [2.45, 2.75) is 19.4 Å². The highest BCUT2D eigenvalue weighted by atomic mass is 79.9. The zero-order valence-corrected chi connectivity index (χ0v) is 13.9. The summed E-state index contributed by atoms with van der Waals surface area (Å²) in [6, 6.07) is 7.73. The highest BCUT2D eigenvalue weighted by Gasteiger charge is 2.14. The van der Waals surface area contributed by atoms with Gasteiger partial charge in [-0.1, -0.05) is 0 Å². The van der Waals surface area contributed by atoms with Crippen LogP contribution in [0.4, 0.5) is 5.82 Å². The summed E-state index contributed by atoms with van der Waals surface area (Å²) in [5.74, 6) is 0.975. The van der Waals surface area contributed by atoms with Crippen LogP contribution in [0.2, 0.25) is 0 Å². The molecule has 2 aromatic rings. The summed E-state index contributed by atoms with van der Waals surface area (Å²) in [5.41, 5.74) is 1.08. The van der Waals surface area contributed by atoms with Crippen molar-refractivity contribution in [3.8, 4) is 0 Å². The first-order chi connectivity index (χ1) is 10.2. The predicted octanol–water partition coefficient (Wildman–Crippen LogP) is 3.44. The lowest BCUT2D eigenvalue weighted by atomic mass is 10.2. The minimum atomic E-state index is -0.0368. The Morgan fingerprint density at radius 1 is 1.33 bits per heavy atom. The first kappa shape index (κ1) is 14.5. The number of hydrogen-bond acceptors (Lipinski definition) is 4. The largest absolute Gasteiger partial charge is 0.357 e. The molecule has 0 aliphatic carbocycles. The van der Waals surface area contributed by atoms with Crippen LogP contribution in [-0.2, 0) is 6.54 Å². The number of pyridine rings is 1. The standard InChI is InChI=1S/C15H16BrN3OS/c16-13-4-3-12(21-13)15(20)18-10-11-5-6-17-14(9-11)19-7-1-2-8-19/h3-6,9H,1-2,7-8,10H2,(H,18,20). The Morgan fingerprint density at radius 2 is 2.14 bits per heavy atom. The van der Waals surface area contributed by atoms with Crippen LogP contribution >= 0.6 is 27.3 Å². The normalized spacial score (nSPS) is 14.4. The summed E-state index contributed by atoms with van der Waals surface area (Å²) in [7, 11) is 0. The highest BCUT2D eigenvalue weighted by molar-refractivity contribution is 9.11. The molecular formula is C15H16BrN3OS. The van der Waals surface area contributed by atoms with Gasteiger partial charge in [-0.2, -0.15) is 0 Å². The van der Waals surface area contributed by atoms with Gasteiger partial charge in [0.25, 0.3) is 5.91 Å². The second-order valence-electron chi connectivity index (χ2n) is 5.00. The third kappa shape index (κ3) is 3.63. The fourth-order valence-electron chi connectivity index (χ4n) is 2.40. The van der Waals surface area contributed by atoms with Crippen LogP contribution < -0.4 is 10.2 Å². The van der Waals surface area contributed by atoms with E-state index < -0.39 is 0 Å². The Morgan fingerprint density at radius 3 is 2.86 bits per heavy atom. The number of aromatic nitrogens is 1. The molecule has 2 aromatic heterocycles. The number of halogens is 1. The smallest absolute Gasteiger partial charge is 0.261 e. The molecule has 1 amide bonds. The van der Waals surface area contributed by atoms with Crippen molar-refractivity contribution < 1.29 is 4.79 Å². The van der Waals surface area contributed by atoms with E-state index in [1.807, 2.05) is 24.4 Å². The van der Waals surface area contributed by atoms with Crippen LogP contribution in [0.5, 0.6) is 0 Å². The van der Waals surface area contributed by atoms with E-state index in [1.165, 1.54) is 24.2 Å². The van der Waals surface area contributed by atoms with Crippen LogP contribution in [0, 0.1) is 0 Å². The van der Waals surface area contributed by atoms with E-state index in [-0.39, 0.29) is 5.91 Å². The molecule has 0 aromatic carbocycles. The topological polar surface area (TPSA) is 45.2 Å². The Hall–Kier alpha value is -1.40. The maximum absolute atomic E-state index is 12.0. The van der Waals surface area contributed by atoms with Gasteiger partial charge in [-0.25, -0.2) is 4.98 Å². The molecule has 6 heteroatoms. The second-order valence-corrected chi connectivity index (χ2v) is 7.47. The molecule has 1 N–H and O–H groups in total. The molecule has 3 heterocycles. The maximum atomic E-state index is 12.0. The molecule has 0 radical (unpaired) electrons. The molecular weight excluding hydrogens is 350 g/mol. The Bertz CT molecular complexity index is 637. The van der Waals surface area contributed by atoms with Crippen molar-refractivity contribution in [3.05, 3.63) is 44.7 Å². The molecule has 4 nitrogen and oxygen atoms in total. The van der Waals surface area contributed by atoms with Gasteiger partial charge in [0.1, 0.15) is 5.82 Å². The molecule has 0 saturated carbocycles. The second kappa shape index (κ2) is 6.58. The third-order valence-corrected chi connectivity index (χ3v) is 5.11. The number of nitrogens with zero attached hydrogens (tertiary/aromatic N) is 2. The van der Waals surface area contributed by atoms with Gasteiger partial charge in [0, 0.05) is 25.8 Å². The number of amides is 1. The van der Waals surface area contributed by atoms with Crippen molar-refractivity contribution in [1.29, 1.82) is 0 Å². The summed E-state index contributed by atoms with van der Waals surface area (Å²) in [6.45, 7) is 2.68. The average molecular weight is 366 g/mol. The molecule has 0 spiro atoms. The zero-order valence-electron chi connectivity index (χ0n) is 11.5. The molecule has 21 heavy (non-hydrogen) atoms. The number of hydrogen-bond donors (Lipinski definition) is 1. The quantitative estimate of drug-likeness (QED) is 0.902. The third-order valence-electron chi connectivity index (χ3n) is 3.49. The number of carbonyl (C=O) groups is 1.